The molecule has 0 spiro atoms. The second-order valence-corrected chi connectivity index (χ2v) is 9.25. The summed E-state index contributed by atoms with van der Waals surface area (Å²) < 4.78 is 38.4. The van der Waals surface area contributed by atoms with Crippen LogP contribution in [0.25, 0.3) is 0 Å². The maximum atomic E-state index is 12.8. The van der Waals surface area contributed by atoms with Gasteiger partial charge in [-0.2, -0.15) is 13.2 Å². The third kappa shape index (κ3) is 15.3. The Bertz CT molecular complexity index is 869. The molecule has 0 saturated heterocycles. The third-order valence-electron chi connectivity index (χ3n) is 5.53. The standard InChI is InChI=1S/C14H19F3.C8H10.C8H12.C2H6/c1-10(2)5-4-6-12-8-7-11(3)9-13(12)14(15,16)17;1-7-4-3-5-8(2)6-7;1-2-8-6-4-3-5-7-8;1-2/h7-10H,4-6H2,1-3H3;3-6H,1-2H3;3-4,6H,2,5,7H2,1H3;1-2H3. The van der Waals surface area contributed by atoms with Crippen LogP contribution in [-0.4, -0.2) is 0 Å². The molecule has 0 amide bonds. The minimum atomic E-state index is -4.24. The smallest absolute Gasteiger partial charge is 0.166 e. The summed E-state index contributed by atoms with van der Waals surface area (Å²) in [6, 6.07) is 13.0. The van der Waals surface area contributed by atoms with Gasteiger partial charge in [-0.05, 0) is 70.4 Å². The Morgan fingerprint density at radius 3 is 1.89 bits per heavy atom. The zero-order valence-electron chi connectivity index (χ0n) is 23.2. The van der Waals surface area contributed by atoms with Gasteiger partial charge in [0.2, 0.25) is 0 Å². The SMILES string of the molecule is CC.CCC1=CC=CCC1.Cc1ccc(CCCC(C)C)c(C(F)(F)F)c1.Cc1cccc(C)c1. The highest BCUT2D eigenvalue weighted by molar-refractivity contribution is 5.33. The lowest BCUT2D eigenvalue weighted by Gasteiger charge is -2.14. The van der Waals surface area contributed by atoms with E-state index in [4.69, 9.17) is 0 Å². The van der Waals surface area contributed by atoms with E-state index in [1.165, 1.54) is 36.5 Å². The monoisotopic (exact) mass is 488 g/mol. The molecular weight excluding hydrogens is 441 g/mol. The number of alkyl halides is 3. The van der Waals surface area contributed by atoms with E-state index in [0.29, 0.717) is 23.5 Å². The van der Waals surface area contributed by atoms with Crippen LogP contribution in [0.15, 0.2) is 66.3 Å². The molecule has 196 valence electrons. The molecule has 0 nitrogen and oxygen atoms in total. The molecule has 0 fully saturated rings. The first kappa shape index (κ1) is 32.7. The molecule has 0 aliphatic heterocycles. The molecule has 3 rings (SSSR count). The van der Waals surface area contributed by atoms with Crippen molar-refractivity contribution in [2.75, 3.05) is 0 Å². The fraction of sp³-hybridized carbons (Fsp3) is 0.500. The average Bonchev–Trinajstić information content (AvgIpc) is 2.82. The molecule has 0 heterocycles. The van der Waals surface area contributed by atoms with Gasteiger partial charge in [-0.25, -0.2) is 0 Å². The van der Waals surface area contributed by atoms with Crippen molar-refractivity contribution < 1.29 is 13.2 Å². The summed E-state index contributed by atoms with van der Waals surface area (Å²) in [5, 5.41) is 0. The Balaban J connectivity index is 0.000000533. The number of halogens is 3. The van der Waals surface area contributed by atoms with E-state index in [1.807, 2.05) is 13.8 Å². The largest absolute Gasteiger partial charge is 0.416 e. The van der Waals surface area contributed by atoms with Crippen LogP contribution in [0.1, 0.15) is 94.5 Å². The summed E-state index contributed by atoms with van der Waals surface area (Å²) in [6.45, 7) is 16.3. The lowest BCUT2D eigenvalue weighted by Crippen LogP contribution is -2.09. The molecule has 0 N–H and O–H groups in total. The van der Waals surface area contributed by atoms with Crippen LogP contribution >= 0.6 is 0 Å². The molecule has 35 heavy (non-hydrogen) atoms. The van der Waals surface area contributed by atoms with Crippen molar-refractivity contribution in [3.05, 3.63) is 94.1 Å². The lowest BCUT2D eigenvalue weighted by atomic mass is 9.97. The number of hydrogen-bond acceptors (Lipinski definition) is 0. The van der Waals surface area contributed by atoms with Crippen LogP contribution in [0.5, 0.6) is 0 Å². The predicted molar refractivity (Wildman–Crippen MR) is 148 cm³/mol. The molecule has 2 aromatic rings. The summed E-state index contributed by atoms with van der Waals surface area (Å²) in [7, 11) is 0. The zero-order valence-corrected chi connectivity index (χ0v) is 23.2. The van der Waals surface area contributed by atoms with Crippen molar-refractivity contribution in [3.63, 3.8) is 0 Å². The maximum Gasteiger partial charge on any atom is 0.416 e. The van der Waals surface area contributed by atoms with E-state index in [-0.39, 0.29) is 0 Å². The summed E-state index contributed by atoms with van der Waals surface area (Å²) in [5.41, 5.74) is 4.87. The van der Waals surface area contributed by atoms with E-state index in [0.717, 1.165) is 12.8 Å². The van der Waals surface area contributed by atoms with Gasteiger partial charge in [-0.3, -0.25) is 0 Å². The summed E-state index contributed by atoms with van der Waals surface area (Å²) >= 11 is 0. The third-order valence-corrected chi connectivity index (χ3v) is 5.53. The lowest BCUT2D eigenvalue weighted by molar-refractivity contribution is -0.138. The zero-order chi connectivity index (χ0) is 26.9. The van der Waals surface area contributed by atoms with Crippen LogP contribution in [-0.2, 0) is 12.6 Å². The molecule has 3 heteroatoms. The van der Waals surface area contributed by atoms with E-state index in [1.54, 1.807) is 24.6 Å². The average molecular weight is 489 g/mol. The molecule has 0 aromatic heterocycles. The fourth-order valence-electron chi connectivity index (χ4n) is 3.63. The van der Waals surface area contributed by atoms with Crippen molar-refractivity contribution >= 4 is 0 Å². The summed E-state index contributed by atoms with van der Waals surface area (Å²) in [4.78, 5) is 0. The second kappa shape index (κ2) is 18.0. The molecular formula is C32H47F3. The Morgan fingerprint density at radius 1 is 0.886 bits per heavy atom. The first-order valence-corrected chi connectivity index (χ1v) is 13.1. The molecule has 0 atom stereocenters. The van der Waals surface area contributed by atoms with Gasteiger partial charge in [-0.1, -0.05) is 118 Å². The molecule has 1 aliphatic carbocycles. The first-order chi connectivity index (χ1) is 16.5. The molecule has 0 saturated carbocycles. The van der Waals surface area contributed by atoms with Gasteiger partial charge in [0.1, 0.15) is 0 Å². The topological polar surface area (TPSA) is 0 Å². The van der Waals surface area contributed by atoms with Crippen molar-refractivity contribution in [1.82, 2.24) is 0 Å². The quantitative estimate of drug-likeness (QED) is 0.392. The second-order valence-electron chi connectivity index (χ2n) is 9.25. The first-order valence-electron chi connectivity index (χ1n) is 13.1. The van der Waals surface area contributed by atoms with Crippen molar-refractivity contribution in [3.8, 4) is 0 Å². The summed E-state index contributed by atoms with van der Waals surface area (Å²) in [5.74, 6) is 0.537. The van der Waals surface area contributed by atoms with Crippen molar-refractivity contribution in [2.24, 2.45) is 5.92 Å². The Morgan fingerprint density at radius 2 is 1.49 bits per heavy atom. The molecule has 1 aliphatic rings. The van der Waals surface area contributed by atoms with Crippen LogP contribution < -0.4 is 0 Å². The van der Waals surface area contributed by atoms with Crippen LogP contribution in [0.2, 0.25) is 0 Å². The minimum Gasteiger partial charge on any atom is -0.166 e. The number of benzene rings is 2. The van der Waals surface area contributed by atoms with E-state index >= 15 is 0 Å². The van der Waals surface area contributed by atoms with Gasteiger partial charge in [0.25, 0.3) is 0 Å². The predicted octanol–water partition coefficient (Wildman–Crippen LogP) is 11.0. The minimum absolute atomic E-state index is 0.420. The van der Waals surface area contributed by atoms with Gasteiger partial charge >= 0.3 is 6.18 Å². The Hall–Kier alpha value is -2.29. The van der Waals surface area contributed by atoms with Crippen molar-refractivity contribution in [2.45, 2.75) is 100 Å². The normalized spacial score (nSPS) is 12.4. The van der Waals surface area contributed by atoms with Gasteiger partial charge in [0.15, 0.2) is 0 Å². The summed E-state index contributed by atoms with van der Waals surface area (Å²) in [6.07, 6.45) is 8.41. The van der Waals surface area contributed by atoms with E-state index in [2.05, 4.69) is 77.1 Å². The highest BCUT2D eigenvalue weighted by atomic mass is 19.4. The van der Waals surface area contributed by atoms with Gasteiger partial charge < -0.3 is 0 Å². The highest BCUT2D eigenvalue weighted by Gasteiger charge is 2.32. The highest BCUT2D eigenvalue weighted by Crippen LogP contribution is 2.33. The molecule has 0 unspecified atom stereocenters. The van der Waals surface area contributed by atoms with E-state index in [9.17, 15) is 13.2 Å². The number of allylic oxidation sites excluding steroid dienone is 4. The Labute approximate surface area is 213 Å². The fourth-order valence-corrected chi connectivity index (χ4v) is 3.63. The molecule has 2 aromatic carbocycles. The van der Waals surface area contributed by atoms with Gasteiger partial charge in [0.05, 0.1) is 5.56 Å². The number of hydrogen-bond donors (Lipinski definition) is 0. The van der Waals surface area contributed by atoms with Crippen LogP contribution in [0, 0.1) is 26.7 Å². The Kier molecular flexibility index (Phi) is 16.9. The van der Waals surface area contributed by atoms with Crippen molar-refractivity contribution in [1.29, 1.82) is 0 Å². The van der Waals surface area contributed by atoms with Gasteiger partial charge in [0, 0.05) is 0 Å². The maximum absolute atomic E-state index is 12.8. The van der Waals surface area contributed by atoms with Crippen LogP contribution in [0.4, 0.5) is 13.2 Å². The number of rotatable bonds is 5. The van der Waals surface area contributed by atoms with E-state index < -0.39 is 11.7 Å². The van der Waals surface area contributed by atoms with Crippen LogP contribution in [0.3, 0.4) is 0 Å². The number of aryl methyl sites for hydroxylation is 4. The van der Waals surface area contributed by atoms with Gasteiger partial charge in [-0.15, -0.1) is 0 Å². The molecule has 0 bridgehead atoms. The molecule has 0 radical (unpaired) electrons.